The van der Waals surface area contributed by atoms with Crippen molar-refractivity contribution in [2.24, 2.45) is 5.73 Å². The van der Waals surface area contributed by atoms with Gasteiger partial charge >= 0.3 is 0 Å². The van der Waals surface area contributed by atoms with Crippen molar-refractivity contribution in [3.05, 3.63) is 125 Å². The zero-order valence-corrected chi connectivity index (χ0v) is 21.0. The molecule has 0 atom stereocenters. The van der Waals surface area contributed by atoms with Gasteiger partial charge in [0, 0.05) is 11.0 Å². The Labute approximate surface area is 213 Å². The van der Waals surface area contributed by atoms with Crippen LogP contribution in [0.3, 0.4) is 0 Å². The molecule has 5 nitrogen and oxygen atoms in total. The normalized spacial score (nSPS) is 11.1. The highest BCUT2D eigenvalue weighted by Crippen LogP contribution is 2.34. The van der Waals surface area contributed by atoms with Gasteiger partial charge in [0.25, 0.3) is 0 Å². The number of nitrogen functional groups attached to an aromatic ring is 1. The number of ether oxygens (including phenoxy) is 3. The molecule has 0 fully saturated rings. The number of nitrogens with one attached hydrogen (secondary N) is 1. The van der Waals surface area contributed by atoms with Crippen molar-refractivity contribution >= 4 is 5.84 Å². The molecule has 0 saturated heterocycles. The summed E-state index contributed by atoms with van der Waals surface area (Å²) >= 11 is 0. The van der Waals surface area contributed by atoms with Crippen molar-refractivity contribution in [1.29, 1.82) is 5.41 Å². The molecule has 0 radical (unpaired) electrons. The Kier molecular flexibility index (Phi) is 7.59. The summed E-state index contributed by atoms with van der Waals surface area (Å²) in [5.74, 6) is 2.47. The molecule has 0 saturated carbocycles. The van der Waals surface area contributed by atoms with Crippen LogP contribution in [-0.4, -0.2) is 12.9 Å². The average Bonchev–Trinajstić information content (AvgIpc) is 2.91. The third-order valence-corrected chi connectivity index (χ3v) is 6.34. The lowest BCUT2D eigenvalue weighted by atomic mass is 9.78. The molecule has 0 bridgehead atoms. The van der Waals surface area contributed by atoms with Crippen LogP contribution in [-0.2, 0) is 18.6 Å². The number of benzene rings is 4. The molecular weight excluding hydrogens is 448 g/mol. The maximum Gasteiger partial charge on any atom is 0.122 e. The molecule has 0 unspecified atom stereocenters. The van der Waals surface area contributed by atoms with E-state index >= 15 is 0 Å². The van der Waals surface area contributed by atoms with E-state index in [1.807, 2.05) is 48.5 Å². The van der Waals surface area contributed by atoms with Gasteiger partial charge in [-0.3, -0.25) is 5.41 Å². The fourth-order valence-electron chi connectivity index (χ4n) is 4.02. The zero-order valence-electron chi connectivity index (χ0n) is 21.0. The molecule has 0 amide bonds. The van der Waals surface area contributed by atoms with Gasteiger partial charge in [-0.25, -0.2) is 0 Å². The molecule has 0 aliphatic carbocycles. The Balaban J connectivity index is 1.38. The van der Waals surface area contributed by atoms with Crippen molar-refractivity contribution < 1.29 is 14.2 Å². The molecule has 36 heavy (non-hydrogen) atoms. The molecule has 0 aromatic heterocycles. The van der Waals surface area contributed by atoms with E-state index in [2.05, 4.69) is 50.2 Å². The summed E-state index contributed by atoms with van der Waals surface area (Å²) in [6.07, 6.45) is 0. The van der Waals surface area contributed by atoms with E-state index < -0.39 is 0 Å². The van der Waals surface area contributed by atoms with Crippen LogP contribution in [0.2, 0.25) is 0 Å². The van der Waals surface area contributed by atoms with Crippen molar-refractivity contribution in [3.8, 4) is 17.2 Å². The van der Waals surface area contributed by atoms with Crippen molar-refractivity contribution in [2.75, 3.05) is 7.11 Å². The minimum Gasteiger partial charge on any atom is -0.497 e. The lowest BCUT2D eigenvalue weighted by Crippen LogP contribution is -2.18. The summed E-state index contributed by atoms with van der Waals surface area (Å²) in [5, 5.41) is 7.48. The second-order valence-electron chi connectivity index (χ2n) is 9.22. The van der Waals surface area contributed by atoms with Crippen LogP contribution in [0.4, 0.5) is 0 Å². The van der Waals surface area contributed by atoms with Gasteiger partial charge in [0.05, 0.1) is 7.11 Å². The summed E-state index contributed by atoms with van der Waals surface area (Å²) in [7, 11) is 1.68. The van der Waals surface area contributed by atoms with Crippen molar-refractivity contribution in [3.63, 3.8) is 0 Å². The summed E-state index contributed by atoms with van der Waals surface area (Å²) in [5.41, 5.74) is 10.5. The highest BCUT2D eigenvalue weighted by molar-refractivity contribution is 5.94. The Bertz CT molecular complexity index is 1310. The Hall–Kier alpha value is -4.25. The third kappa shape index (κ3) is 6.05. The van der Waals surface area contributed by atoms with E-state index in [0.717, 1.165) is 28.4 Å². The molecule has 3 N–H and O–H groups in total. The minimum atomic E-state index is -0.175. The van der Waals surface area contributed by atoms with Gasteiger partial charge in [0.15, 0.2) is 0 Å². The minimum absolute atomic E-state index is 0.0454. The molecule has 0 aliphatic heterocycles. The van der Waals surface area contributed by atoms with E-state index in [4.69, 9.17) is 25.4 Å². The number of methoxy groups -OCH3 is 1. The van der Waals surface area contributed by atoms with Crippen LogP contribution in [0.25, 0.3) is 0 Å². The molecule has 0 heterocycles. The summed E-state index contributed by atoms with van der Waals surface area (Å²) < 4.78 is 17.4. The van der Waals surface area contributed by atoms with Crippen molar-refractivity contribution in [1.82, 2.24) is 0 Å². The standard InChI is InChI=1S/C31H32N2O3/c1-31(2,25-12-16-27(34-3)17-13-25)26-8-5-9-29(19-26)36-21-23-7-4-6-22(18-23)20-35-28-14-10-24(11-15-28)30(32)33/h4-19H,20-21H2,1-3H3,(H3,32,33). The number of hydrogen-bond acceptors (Lipinski definition) is 4. The van der Waals surface area contributed by atoms with E-state index in [0.29, 0.717) is 18.8 Å². The van der Waals surface area contributed by atoms with Crippen LogP contribution < -0.4 is 19.9 Å². The van der Waals surface area contributed by atoms with Gasteiger partial charge < -0.3 is 19.9 Å². The highest BCUT2D eigenvalue weighted by atomic mass is 16.5. The lowest BCUT2D eigenvalue weighted by Gasteiger charge is -2.26. The van der Waals surface area contributed by atoms with Crippen LogP contribution in [0.1, 0.15) is 41.7 Å². The first-order valence-electron chi connectivity index (χ1n) is 11.9. The fraction of sp³-hybridized carbons (Fsp3) is 0.194. The van der Waals surface area contributed by atoms with E-state index in [1.165, 1.54) is 11.1 Å². The van der Waals surface area contributed by atoms with Crippen molar-refractivity contribution in [2.45, 2.75) is 32.5 Å². The van der Waals surface area contributed by atoms with Crippen LogP contribution in [0.5, 0.6) is 17.2 Å². The highest BCUT2D eigenvalue weighted by Gasteiger charge is 2.23. The maximum atomic E-state index is 7.48. The average molecular weight is 481 g/mol. The first-order valence-corrected chi connectivity index (χ1v) is 11.9. The predicted molar refractivity (Wildman–Crippen MR) is 144 cm³/mol. The van der Waals surface area contributed by atoms with Gasteiger partial charge in [0.1, 0.15) is 36.3 Å². The summed E-state index contributed by atoms with van der Waals surface area (Å²) in [6.45, 7) is 5.34. The Morgan fingerprint density at radius 2 is 1.28 bits per heavy atom. The molecule has 184 valence electrons. The zero-order chi connectivity index (χ0) is 25.5. The summed E-state index contributed by atoms with van der Waals surface area (Å²) in [4.78, 5) is 0. The summed E-state index contributed by atoms with van der Waals surface area (Å²) in [6, 6.07) is 31.9. The molecule has 4 aromatic rings. The second kappa shape index (κ2) is 11.0. The van der Waals surface area contributed by atoms with Crippen LogP contribution in [0.15, 0.2) is 97.1 Å². The number of nitrogens with two attached hydrogens (primary N) is 1. The first-order chi connectivity index (χ1) is 17.3. The van der Waals surface area contributed by atoms with Gasteiger partial charge in [-0.2, -0.15) is 0 Å². The van der Waals surface area contributed by atoms with Gasteiger partial charge in [0.2, 0.25) is 0 Å². The quantitative estimate of drug-likeness (QED) is 0.202. The smallest absolute Gasteiger partial charge is 0.122 e. The molecule has 4 aromatic carbocycles. The van der Waals surface area contributed by atoms with E-state index in [1.54, 1.807) is 19.2 Å². The monoisotopic (exact) mass is 480 g/mol. The molecule has 0 spiro atoms. The largest absolute Gasteiger partial charge is 0.497 e. The van der Waals surface area contributed by atoms with Gasteiger partial charge in [-0.05, 0) is 76.9 Å². The maximum absolute atomic E-state index is 7.48. The topological polar surface area (TPSA) is 77.6 Å². The molecule has 4 rings (SSSR count). The Morgan fingerprint density at radius 3 is 1.89 bits per heavy atom. The van der Waals surface area contributed by atoms with Crippen LogP contribution >= 0.6 is 0 Å². The first kappa shape index (κ1) is 24.9. The number of rotatable bonds is 10. The lowest BCUT2D eigenvalue weighted by molar-refractivity contribution is 0.299. The molecular formula is C31H32N2O3. The molecule has 5 heteroatoms. The SMILES string of the molecule is COc1ccc(C(C)(C)c2cccc(OCc3cccc(COc4ccc(C(=N)N)cc4)c3)c2)cc1. The fourth-order valence-corrected chi connectivity index (χ4v) is 4.02. The Morgan fingerprint density at radius 1 is 0.694 bits per heavy atom. The van der Waals surface area contributed by atoms with Crippen LogP contribution in [0, 0.1) is 5.41 Å². The second-order valence-corrected chi connectivity index (χ2v) is 9.22. The number of hydrogen-bond donors (Lipinski definition) is 2. The van der Waals surface area contributed by atoms with Gasteiger partial charge in [-0.15, -0.1) is 0 Å². The third-order valence-electron chi connectivity index (χ3n) is 6.34. The van der Waals surface area contributed by atoms with E-state index in [-0.39, 0.29) is 11.3 Å². The molecule has 0 aliphatic rings. The van der Waals surface area contributed by atoms with E-state index in [9.17, 15) is 0 Å². The number of amidine groups is 1. The van der Waals surface area contributed by atoms with Gasteiger partial charge in [-0.1, -0.05) is 56.3 Å². The predicted octanol–water partition coefficient (Wildman–Crippen LogP) is 6.46.